The fourth-order valence-electron chi connectivity index (χ4n) is 4.30. The zero-order chi connectivity index (χ0) is 19.9. The van der Waals surface area contributed by atoms with Crippen LogP contribution in [0.25, 0.3) is 16.7 Å². The molecule has 0 spiro atoms. The lowest BCUT2D eigenvalue weighted by atomic mass is 10.0. The van der Waals surface area contributed by atoms with Crippen molar-refractivity contribution in [3.05, 3.63) is 59.4 Å². The van der Waals surface area contributed by atoms with Crippen LogP contribution in [0.2, 0.25) is 0 Å². The molecule has 2 aromatic carbocycles. The molecule has 1 aromatic heterocycles. The molecule has 3 aromatic rings. The fourth-order valence-corrected chi connectivity index (χ4v) is 4.30. The monoisotopic (exact) mass is 365 g/mol. The van der Waals surface area contributed by atoms with E-state index in [0.29, 0.717) is 6.04 Å². The van der Waals surface area contributed by atoms with E-state index in [1.54, 1.807) is 0 Å². The van der Waals surface area contributed by atoms with E-state index in [4.69, 9.17) is 4.74 Å². The number of hydrogen-bond acceptors (Lipinski definition) is 1. The number of para-hydroxylation sites is 3. The van der Waals surface area contributed by atoms with Crippen LogP contribution in [0.3, 0.4) is 0 Å². The van der Waals surface area contributed by atoms with Gasteiger partial charge in [-0.15, -0.1) is 0 Å². The summed E-state index contributed by atoms with van der Waals surface area (Å²) in [6.07, 6.45) is 0.144. The van der Waals surface area contributed by atoms with Crippen LogP contribution in [0.4, 0.5) is 0 Å². The number of nitrogens with zero attached hydrogens (tertiary/aromatic N) is 2. The molecule has 1 heterocycles. The van der Waals surface area contributed by atoms with Gasteiger partial charge in [0.05, 0.1) is 12.1 Å². The average Bonchev–Trinajstić information content (AvgIpc) is 2.90. The summed E-state index contributed by atoms with van der Waals surface area (Å²) in [6, 6.07) is 15.5. The van der Waals surface area contributed by atoms with E-state index in [1.807, 2.05) is 0 Å². The Hall–Kier alpha value is -2.13. The molecule has 0 aliphatic rings. The standard InChI is InChI=1S/C24H33N2O/c1-16(2)25-20-14-9-10-15-21(20)26(22-18(5)12-11-13-19(22)6)23(25)24(7,8)27-17(3)4/h9-17H,1-8H3/q+1. The van der Waals surface area contributed by atoms with Gasteiger partial charge >= 0.3 is 0 Å². The third kappa shape index (κ3) is 3.41. The average molecular weight is 366 g/mol. The number of imidazole rings is 1. The summed E-state index contributed by atoms with van der Waals surface area (Å²) in [7, 11) is 0. The highest BCUT2D eigenvalue weighted by atomic mass is 16.5. The van der Waals surface area contributed by atoms with Gasteiger partial charge in [0, 0.05) is 0 Å². The third-order valence-corrected chi connectivity index (χ3v) is 5.07. The van der Waals surface area contributed by atoms with Crippen molar-refractivity contribution >= 4 is 11.0 Å². The van der Waals surface area contributed by atoms with Gasteiger partial charge in [-0.3, -0.25) is 0 Å². The number of aromatic nitrogens is 2. The Morgan fingerprint density at radius 2 is 1.48 bits per heavy atom. The lowest BCUT2D eigenvalue weighted by molar-refractivity contribution is -0.705. The third-order valence-electron chi connectivity index (χ3n) is 5.07. The van der Waals surface area contributed by atoms with E-state index in [0.717, 1.165) is 0 Å². The van der Waals surface area contributed by atoms with Gasteiger partial charge in [0.15, 0.2) is 16.6 Å². The first-order chi connectivity index (χ1) is 12.6. The lowest BCUT2D eigenvalue weighted by Gasteiger charge is -2.27. The van der Waals surface area contributed by atoms with E-state index in [-0.39, 0.29) is 6.10 Å². The van der Waals surface area contributed by atoms with Crippen molar-refractivity contribution in [2.45, 2.75) is 73.1 Å². The summed E-state index contributed by atoms with van der Waals surface area (Å²) in [6.45, 7) is 17.5. The summed E-state index contributed by atoms with van der Waals surface area (Å²) < 4.78 is 11.3. The molecular weight excluding hydrogens is 332 g/mol. The molecule has 0 saturated carbocycles. The van der Waals surface area contributed by atoms with Crippen LogP contribution >= 0.6 is 0 Å². The van der Waals surface area contributed by atoms with Gasteiger partial charge in [-0.2, -0.15) is 4.57 Å². The summed E-state index contributed by atoms with van der Waals surface area (Å²) in [4.78, 5) is 0. The van der Waals surface area contributed by atoms with Crippen LogP contribution in [0.1, 0.15) is 64.5 Å². The van der Waals surface area contributed by atoms with E-state index in [1.165, 1.54) is 33.7 Å². The highest BCUT2D eigenvalue weighted by Crippen LogP contribution is 2.34. The molecule has 27 heavy (non-hydrogen) atoms. The second-order valence-corrected chi connectivity index (χ2v) is 8.53. The van der Waals surface area contributed by atoms with E-state index >= 15 is 0 Å². The molecule has 0 bridgehead atoms. The maximum atomic E-state index is 6.44. The van der Waals surface area contributed by atoms with Crippen LogP contribution in [-0.2, 0) is 10.3 Å². The number of hydrogen-bond donors (Lipinski definition) is 0. The minimum absolute atomic E-state index is 0.144. The summed E-state index contributed by atoms with van der Waals surface area (Å²) >= 11 is 0. The van der Waals surface area contributed by atoms with Crippen molar-refractivity contribution in [3.8, 4) is 5.69 Å². The van der Waals surface area contributed by atoms with Crippen LogP contribution in [0, 0.1) is 13.8 Å². The molecule has 0 radical (unpaired) electrons. The largest absolute Gasteiger partial charge is 0.360 e. The Morgan fingerprint density at radius 1 is 0.889 bits per heavy atom. The predicted octanol–water partition coefficient (Wildman–Crippen LogP) is 5.78. The molecule has 0 saturated heterocycles. The molecule has 3 nitrogen and oxygen atoms in total. The van der Waals surface area contributed by atoms with Crippen LogP contribution < -0.4 is 4.57 Å². The first-order valence-corrected chi connectivity index (χ1v) is 9.95. The predicted molar refractivity (Wildman–Crippen MR) is 113 cm³/mol. The minimum Gasteiger partial charge on any atom is -0.360 e. The number of rotatable bonds is 5. The smallest absolute Gasteiger partial charge is 0.295 e. The zero-order valence-electron chi connectivity index (χ0n) is 18.0. The fraction of sp³-hybridized carbons (Fsp3) is 0.458. The zero-order valence-corrected chi connectivity index (χ0v) is 18.0. The Morgan fingerprint density at radius 3 is 2.04 bits per heavy atom. The quantitative estimate of drug-likeness (QED) is 0.524. The van der Waals surface area contributed by atoms with Gasteiger partial charge in [0.25, 0.3) is 5.82 Å². The first-order valence-electron chi connectivity index (χ1n) is 9.95. The van der Waals surface area contributed by atoms with Crippen molar-refractivity contribution in [1.82, 2.24) is 4.57 Å². The molecule has 0 amide bonds. The van der Waals surface area contributed by atoms with E-state index in [9.17, 15) is 0 Å². The minimum atomic E-state index is -0.438. The molecule has 0 N–H and O–H groups in total. The Balaban J connectivity index is 2.51. The highest BCUT2D eigenvalue weighted by Gasteiger charge is 2.41. The van der Waals surface area contributed by atoms with Crippen molar-refractivity contribution in [3.63, 3.8) is 0 Å². The first kappa shape index (κ1) is 19.6. The van der Waals surface area contributed by atoms with Crippen molar-refractivity contribution in [2.24, 2.45) is 0 Å². The second-order valence-electron chi connectivity index (χ2n) is 8.53. The van der Waals surface area contributed by atoms with Crippen molar-refractivity contribution in [2.75, 3.05) is 0 Å². The number of ether oxygens (including phenoxy) is 1. The van der Waals surface area contributed by atoms with E-state index in [2.05, 4.69) is 107 Å². The molecule has 0 unspecified atom stereocenters. The lowest BCUT2D eigenvalue weighted by Crippen LogP contribution is -2.47. The second kappa shape index (κ2) is 7.12. The summed E-state index contributed by atoms with van der Waals surface area (Å²) in [5.41, 5.74) is 5.82. The van der Waals surface area contributed by atoms with Gasteiger partial charge in [-0.25, -0.2) is 4.57 Å². The molecular formula is C24H33N2O+. The number of benzene rings is 2. The molecule has 3 rings (SSSR count). The van der Waals surface area contributed by atoms with Crippen LogP contribution in [0.15, 0.2) is 42.5 Å². The molecule has 0 aliphatic heterocycles. The maximum absolute atomic E-state index is 6.44. The summed E-state index contributed by atoms with van der Waals surface area (Å²) in [5, 5.41) is 0. The molecule has 0 atom stereocenters. The van der Waals surface area contributed by atoms with Gasteiger partial charge in [-0.05, 0) is 78.6 Å². The SMILES string of the molecule is Cc1cccc(C)c1-n1c(C(C)(C)OC(C)C)[n+](C(C)C)c2ccccc21. The van der Waals surface area contributed by atoms with Crippen LogP contribution in [-0.4, -0.2) is 10.7 Å². The van der Waals surface area contributed by atoms with E-state index < -0.39 is 5.60 Å². The molecule has 0 fully saturated rings. The van der Waals surface area contributed by atoms with Gasteiger partial charge < -0.3 is 4.74 Å². The Kier molecular flexibility index (Phi) is 5.18. The number of fused-ring (bicyclic) bond motifs is 1. The van der Waals surface area contributed by atoms with Gasteiger partial charge in [0.1, 0.15) is 5.69 Å². The molecule has 144 valence electrons. The van der Waals surface area contributed by atoms with Crippen molar-refractivity contribution in [1.29, 1.82) is 0 Å². The van der Waals surface area contributed by atoms with Gasteiger partial charge in [0.2, 0.25) is 0 Å². The topological polar surface area (TPSA) is 18.0 Å². The normalized spacial score (nSPS) is 12.5. The highest BCUT2D eigenvalue weighted by molar-refractivity contribution is 5.76. The molecule has 0 aliphatic carbocycles. The van der Waals surface area contributed by atoms with Crippen molar-refractivity contribution < 1.29 is 9.30 Å². The summed E-state index contributed by atoms with van der Waals surface area (Å²) in [5.74, 6) is 1.19. The molecule has 3 heteroatoms. The van der Waals surface area contributed by atoms with Crippen LogP contribution in [0.5, 0.6) is 0 Å². The number of aryl methyl sites for hydroxylation is 2. The Labute approximate surface area is 163 Å². The Bertz CT molecular complexity index is 944. The maximum Gasteiger partial charge on any atom is 0.295 e. The van der Waals surface area contributed by atoms with Gasteiger partial charge in [-0.1, -0.05) is 30.3 Å².